The monoisotopic (exact) mass is 412 g/mol. The van der Waals surface area contributed by atoms with E-state index in [4.69, 9.17) is 0 Å². The lowest BCUT2D eigenvalue weighted by Crippen LogP contribution is -2.30. The lowest BCUT2D eigenvalue weighted by Gasteiger charge is -2.17. The fraction of sp³-hybridized carbons (Fsp3) is 0.333. The van der Waals surface area contributed by atoms with Gasteiger partial charge in [0.15, 0.2) is 5.82 Å². The first kappa shape index (κ1) is 18.3. The first-order valence-corrected chi connectivity index (χ1v) is 10.9. The number of amides is 1. The lowest BCUT2D eigenvalue weighted by atomic mass is 10.0. The minimum atomic E-state index is 0.303. The number of hydrogen-bond donors (Lipinski definition) is 1. The van der Waals surface area contributed by atoms with Crippen LogP contribution in [0.25, 0.3) is 33.4 Å². The van der Waals surface area contributed by atoms with Crippen molar-refractivity contribution in [2.24, 2.45) is 11.8 Å². The van der Waals surface area contributed by atoms with Crippen molar-refractivity contribution in [1.82, 2.24) is 29.9 Å². The third kappa shape index (κ3) is 3.50. The minimum absolute atomic E-state index is 0.303. The Kier molecular flexibility index (Phi) is 4.33. The zero-order chi connectivity index (χ0) is 20.8. The first-order chi connectivity index (χ1) is 15.2. The van der Waals surface area contributed by atoms with Crippen LogP contribution in [-0.4, -0.2) is 48.9 Å². The predicted molar refractivity (Wildman–Crippen MR) is 118 cm³/mol. The van der Waals surface area contributed by atoms with Gasteiger partial charge in [0.2, 0.25) is 5.91 Å². The molecular weight excluding hydrogens is 388 g/mol. The second kappa shape index (κ2) is 7.34. The fourth-order valence-electron chi connectivity index (χ4n) is 4.59. The average Bonchev–Trinajstić information content (AvgIpc) is 3.17. The van der Waals surface area contributed by atoms with Gasteiger partial charge in [0, 0.05) is 36.5 Å². The summed E-state index contributed by atoms with van der Waals surface area (Å²) in [6.07, 6.45) is 6.84. The van der Waals surface area contributed by atoms with E-state index in [0.717, 1.165) is 72.3 Å². The van der Waals surface area contributed by atoms with Gasteiger partial charge in [-0.1, -0.05) is 30.3 Å². The van der Waals surface area contributed by atoms with Crippen LogP contribution in [0.3, 0.4) is 0 Å². The molecule has 2 aromatic carbocycles. The number of carbonyl (C=O) groups excluding carboxylic acids is 1. The summed E-state index contributed by atoms with van der Waals surface area (Å²) in [5, 5.41) is 16.7. The SMILES string of the molecule is O=C(C1CC1)N1CC[C@H](Cn2cnnc2-c2ccc(-c3ccc4[nH]ncc4c3)cc2)C1. The molecule has 0 bridgehead atoms. The Hall–Kier alpha value is -3.48. The number of rotatable bonds is 5. The fourth-order valence-corrected chi connectivity index (χ4v) is 4.59. The van der Waals surface area contributed by atoms with Crippen molar-refractivity contribution in [3.05, 3.63) is 55.0 Å². The Balaban J connectivity index is 1.18. The molecule has 1 saturated carbocycles. The lowest BCUT2D eigenvalue weighted by molar-refractivity contribution is -0.131. The molecule has 0 radical (unpaired) electrons. The van der Waals surface area contributed by atoms with Crippen LogP contribution in [0, 0.1) is 11.8 Å². The Morgan fingerprint density at radius 3 is 2.68 bits per heavy atom. The number of likely N-dealkylation sites (tertiary alicyclic amines) is 1. The first-order valence-electron chi connectivity index (χ1n) is 10.9. The number of nitrogens with zero attached hydrogens (tertiary/aromatic N) is 5. The molecule has 1 aliphatic heterocycles. The van der Waals surface area contributed by atoms with Crippen LogP contribution in [0.4, 0.5) is 0 Å². The molecule has 1 aliphatic carbocycles. The van der Waals surface area contributed by atoms with Crippen LogP contribution in [-0.2, 0) is 11.3 Å². The number of aromatic amines is 1. The van der Waals surface area contributed by atoms with E-state index < -0.39 is 0 Å². The number of hydrogen-bond acceptors (Lipinski definition) is 4. The van der Waals surface area contributed by atoms with Gasteiger partial charge >= 0.3 is 0 Å². The van der Waals surface area contributed by atoms with Crippen LogP contribution >= 0.6 is 0 Å². The van der Waals surface area contributed by atoms with E-state index in [0.29, 0.717) is 17.7 Å². The van der Waals surface area contributed by atoms with Gasteiger partial charge in [-0.25, -0.2) is 0 Å². The second-order valence-corrected chi connectivity index (χ2v) is 8.77. The molecule has 3 heterocycles. The van der Waals surface area contributed by atoms with Crippen molar-refractivity contribution in [3.8, 4) is 22.5 Å². The molecule has 0 unspecified atom stereocenters. The summed E-state index contributed by atoms with van der Waals surface area (Å²) < 4.78 is 2.13. The number of fused-ring (bicyclic) bond motifs is 1. The van der Waals surface area contributed by atoms with Crippen LogP contribution < -0.4 is 0 Å². The Morgan fingerprint density at radius 2 is 1.84 bits per heavy atom. The standard InChI is InChI=1S/C24H24N6O/c31-24(19-5-6-19)29-10-9-16(13-29)14-30-15-26-28-23(30)18-3-1-17(2-4-18)20-7-8-22-21(11-20)12-25-27-22/h1-4,7-8,11-12,15-16,19H,5-6,9-10,13-14H2,(H,25,27)/t16-/m0/s1. The van der Waals surface area contributed by atoms with Crippen LogP contribution in [0.15, 0.2) is 55.0 Å². The molecule has 7 heteroatoms. The number of benzene rings is 2. The summed E-state index contributed by atoms with van der Waals surface area (Å²) in [6, 6.07) is 14.8. The highest BCUT2D eigenvalue weighted by atomic mass is 16.2. The summed E-state index contributed by atoms with van der Waals surface area (Å²) >= 11 is 0. The second-order valence-electron chi connectivity index (χ2n) is 8.77. The van der Waals surface area contributed by atoms with E-state index in [1.54, 1.807) is 6.33 Å². The van der Waals surface area contributed by atoms with E-state index in [2.05, 4.69) is 72.3 Å². The number of carbonyl (C=O) groups is 1. The zero-order valence-electron chi connectivity index (χ0n) is 17.2. The number of nitrogens with one attached hydrogen (secondary N) is 1. The molecule has 31 heavy (non-hydrogen) atoms. The molecule has 7 nitrogen and oxygen atoms in total. The van der Waals surface area contributed by atoms with Crippen LogP contribution in [0.5, 0.6) is 0 Å². The van der Waals surface area contributed by atoms with Crippen LogP contribution in [0.2, 0.25) is 0 Å². The Morgan fingerprint density at radius 1 is 1.03 bits per heavy atom. The topological polar surface area (TPSA) is 79.7 Å². The third-order valence-electron chi connectivity index (χ3n) is 6.51. The summed E-state index contributed by atoms with van der Waals surface area (Å²) in [7, 11) is 0. The molecule has 6 rings (SSSR count). The van der Waals surface area contributed by atoms with Crippen molar-refractivity contribution >= 4 is 16.8 Å². The largest absolute Gasteiger partial charge is 0.342 e. The highest BCUT2D eigenvalue weighted by Crippen LogP contribution is 2.33. The molecule has 156 valence electrons. The van der Waals surface area contributed by atoms with Gasteiger partial charge in [-0.2, -0.15) is 5.10 Å². The van der Waals surface area contributed by atoms with Gasteiger partial charge in [-0.05, 0) is 48.4 Å². The minimum Gasteiger partial charge on any atom is -0.342 e. The maximum atomic E-state index is 12.3. The number of H-pyrrole nitrogens is 1. The summed E-state index contributed by atoms with van der Waals surface area (Å²) in [5.41, 5.74) is 4.41. The summed E-state index contributed by atoms with van der Waals surface area (Å²) in [6.45, 7) is 2.57. The molecule has 1 amide bonds. The molecule has 2 aliphatic rings. The van der Waals surface area contributed by atoms with E-state index in [1.165, 1.54) is 0 Å². The van der Waals surface area contributed by atoms with Gasteiger partial charge in [-0.15, -0.1) is 10.2 Å². The van der Waals surface area contributed by atoms with E-state index in [9.17, 15) is 4.79 Å². The highest BCUT2D eigenvalue weighted by molar-refractivity contribution is 5.84. The normalized spacial score (nSPS) is 18.7. The smallest absolute Gasteiger partial charge is 0.225 e. The molecule has 1 atom stereocenters. The van der Waals surface area contributed by atoms with E-state index >= 15 is 0 Å². The van der Waals surface area contributed by atoms with E-state index in [-0.39, 0.29) is 0 Å². The van der Waals surface area contributed by atoms with Crippen molar-refractivity contribution in [3.63, 3.8) is 0 Å². The predicted octanol–water partition coefficient (Wildman–Crippen LogP) is 3.75. The molecule has 1 N–H and O–H groups in total. The highest BCUT2D eigenvalue weighted by Gasteiger charge is 2.36. The van der Waals surface area contributed by atoms with E-state index in [1.807, 2.05) is 6.20 Å². The average molecular weight is 412 g/mol. The Bertz CT molecular complexity index is 1240. The molecule has 2 fully saturated rings. The maximum Gasteiger partial charge on any atom is 0.225 e. The van der Waals surface area contributed by atoms with Crippen molar-refractivity contribution in [1.29, 1.82) is 0 Å². The van der Waals surface area contributed by atoms with Crippen molar-refractivity contribution in [2.45, 2.75) is 25.8 Å². The molecule has 4 aromatic rings. The quantitative estimate of drug-likeness (QED) is 0.541. The molecule has 2 aromatic heterocycles. The van der Waals surface area contributed by atoms with Crippen molar-refractivity contribution < 1.29 is 4.79 Å². The molecule has 1 saturated heterocycles. The van der Waals surface area contributed by atoms with Gasteiger partial charge in [0.05, 0.1) is 11.7 Å². The Labute approximate surface area is 180 Å². The van der Waals surface area contributed by atoms with Gasteiger partial charge in [-0.3, -0.25) is 9.89 Å². The van der Waals surface area contributed by atoms with Gasteiger partial charge < -0.3 is 9.47 Å². The van der Waals surface area contributed by atoms with Crippen LogP contribution in [0.1, 0.15) is 19.3 Å². The molecule has 0 spiro atoms. The molecular formula is C24H24N6O. The number of aromatic nitrogens is 5. The maximum absolute atomic E-state index is 12.3. The zero-order valence-corrected chi connectivity index (χ0v) is 17.2. The van der Waals surface area contributed by atoms with Gasteiger partial charge in [0.1, 0.15) is 6.33 Å². The third-order valence-corrected chi connectivity index (χ3v) is 6.51. The summed E-state index contributed by atoms with van der Waals surface area (Å²) in [5.74, 6) is 2.00. The summed E-state index contributed by atoms with van der Waals surface area (Å²) in [4.78, 5) is 14.4. The van der Waals surface area contributed by atoms with Gasteiger partial charge in [0.25, 0.3) is 0 Å². The van der Waals surface area contributed by atoms with Crippen molar-refractivity contribution in [2.75, 3.05) is 13.1 Å².